The van der Waals surface area contributed by atoms with Gasteiger partial charge in [-0.2, -0.15) is 0 Å². The highest BCUT2D eigenvalue weighted by atomic mass is 16.5. The Morgan fingerprint density at radius 2 is 1.50 bits per heavy atom. The Morgan fingerprint density at radius 1 is 0.958 bits per heavy atom. The van der Waals surface area contributed by atoms with Crippen LogP contribution in [0.25, 0.3) is 0 Å². The molecular formula is C21H22O3. The lowest BCUT2D eigenvalue weighted by Gasteiger charge is -2.08. The molecule has 0 aliphatic carbocycles. The quantitative estimate of drug-likeness (QED) is 0.379. The van der Waals surface area contributed by atoms with Crippen molar-refractivity contribution in [3.63, 3.8) is 0 Å². The summed E-state index contributed by atoms with van der Waals surface area (Å²) >= 11 is 0. The van der Waals surface area contributed by atoms with E-state index in [-0.39, 0.29) is 5.78 Å². The Balaban J connectivity index is 2.09. The molecule has 2 aromatic carbocycles. The molecule has 3 nitrogen and oxygen atoms in total. The third-order valence-corrected chi connectivity index (χ3v) is 3.52. The molecule has 0 saturated heterocycles. The van der Waals surface area contributed by atoms with E-state index in [2.05, 4.69) is 0 Å². The number of methoxy groups -OCH3 is 1. The fraction of sp³-hybridized carbons (Fsp3) is 0.190. The molecule has 0 fully saturated rings. The number of rotatable bonds is 7. The van der Waals surface area contributed by atoms with Crippen molar-refractivity contribution in [1.29, 1.82) is 0 Å². The molecule has 0 saturated carbocycles. The van der Waals surface area contributed by atoms with Crippen LogP contribution in [0.3, 0.4) is 0 Å². The molecule has 0 heterocycles. The van der Waals surface area contributed by atoms with Crippen molar-refractivity contribution in [3.8, 4) is 17.2 Å². The Morgan fingerprint density at radius 3 is 2.00 bits per heavy atom. The maximum atomic E-state index is 12.4. The molecule has 0 radical (unpaired) electrons. The van der Waals surface area contributed by atoms with E-state index in [1.807, 2.05) is 56.3 Å². The van der Waals surface area contributed by atoms with Crippen molar-refractivity contribution in [2.75, 3.05) is 7.11 Å². The van der Waals surface area contributed by atoms with Gasteiger partial charge < -0.3 is 9.47 Å². The fourth-order valence-corrected chi connectivity index (χ4v) is 2.17. The number of hydrogen-bond acceptors (Lipinski definition) is 3. The highest BCUT2D eigenvalue weighted by molar-refractivity contribution is 6.10. The summed E-state index contributed by atoms with van der Waals surface area (Å²) in [5.74, 6) is 2.19. The van der Waals surface area contributed by atoms with Crippen LogP contribution < -0.4 is 9.47 Å². The SMILES string of the molecule is C/C=C(\C=C/CC)C(=O)c1ccc(Oc2ccc(OC)cc2)cc1. The van der Waals surface area contributed by atoms with E-state index in [9.17, 15) is 4.79 Å². The molecule has 2 rings (SSSR count). The number of benzene rings is 2. The summed E-state index contributed by atoms with van der Waals surface area (Å²) in [5.41, 5.74) is 1.34. The third kappa shape index (κ3) is 4.59. The van der Waals surface area contributed by atoms with Gasteiger partial charge in [-0.25, -0.2) is 0 Å². The number of allylic oxidation sites excluding steroid dienone is 4. The largest absolute Gasteiger partial charge is 0.497 e. The number of ether oxygens (including phenoxy) is 2. The van der Waals surface area contributed by atoms with Gasteiger partial charge in [0.05, 0.1) is 7.11 Å². The van der Waals surface area contributed by atoms with E-state index in [1.54, 1.807) is 31.4 Å². The molecule has 24 heavy (non-hydrogen) atoms. The second kappa shape index (κ2) is 8.73. The molecule has 0 aromatic heterocycles. The van der Waals surface area contributed by atoms with Gasteiger partial charge in [-0.05, 0) is 61.9 Å². The minimum Gasteiger partial charge on any atom is -0.497 e. The van der Waals surface area contributed by atoms with Crippen LogP contribution >= 0.6 is 0 Å². The minimum atomic E-state index is 0.0122. The maximum Gasteiger partial charge on any atom is 0.192 e. The normalized spacial score (nSPS) is 11.5. The van der Waals surface area contributed by atoms with E-state index in [1.165, 1.54) is 0 Å². The molecule has 0 bridgehead atoms. The molecule has 2 aromatic rings. The average molecular weight is 322 g/mol. The van der Waals surface area contributed by atoms with E-state index < -0.39 is 0 Å². The number of hydrogen-bond donors (Lipinski definition) is 0. The number of ketones is 1. The highest BCUT2D eigenvalue weighted by Gasteiger charge is 2.09. The third-order valence-electron chi connectivity index (χ3n) is 3.52. The van der Waals surface area contributed by atoms with Crippen LogP contribution in [-0.4, -0.2) is 12.9 Å². The average Bonchev–Trinajstić information content (AvgIpc) is 2.63. The standard InChI is InChI=1S/C21H22O3/c1-4-6-7-16(5-2)21(22)17-8-10-19(11-9-17)24-20-14-12-18(23-3)13-15-20/h5-15H,4H2,1-3H3/b7-6-,16-5+. The van der Waals surface area contributed by atoms with Crippen LogP contribution in [0.15, 0.2) is 72.3 Å². The zero-order valence-electron chi connectivity index (χ0n) is 14.3. The summed E-state index contributed by atoms with van der Waals surface area (Å²) in [6.07, 6.45) is 6.58. The van der Waals surface area contributed by atoms with Crippen molar-refractivity contribution in [1.82, 2.24) is 0 Å². The lowest BCUT2D eigenvalue weighted by atomic mass is 10.0. The summed E-state index contributed by atoms with van der Waals surface area (Å²) in [5, 5.41) is 0. The van der Waals surface area contributed by atoms with Crippen molar-refractivity contribution in [3.05, 3.63) is 77.9 Å². The predicted octanol–water partition coefficient (Wildman–Crippen LogP) is 5.58. The van der Waals surface area contributed by atoms with Gasteiger partial charge >= 0.3 is 0 Å². The van der Waals surface area contributed by atoms with E-state index in [4.69, 9.17) is 9.47 Å². The molecule has 3 heteroatoms. The van der Waals surface area contributed by atoms with Gasteiger partial charge in [0, 0.05) is 11.1 Å². The van der Waals surface area contributed by atoms with Crippen LogP contribution in [0, 0.1) is 0 Å². The van der Waals surface area contributed by atoms with Gasteiger partial charge in [0.1, 0.15) is 17.2 Å². The summed E-state index contributed by atoms with van der Waals surface area (Å²) < 4.78 is 10.9. The van der Waals surface area contributed by atoms with Crippen LogP contribution in [0.5, 0.6) is 17.2 Å². The molecule has 0 N–H and O–H groups in total. The Hall–Kier alpha value is -2.81. The minimum absolute atomic E-state index is 0.0122. The van der Waals surface area contributed by atoms with E-state index >= 15 is 0 Å². The summed E-state index contributed by atoms with van der Waals surface area (Å²) in [6.45, 7) is 3.91. The number of carbonyl (C=O) groups is 1. The van der Waals surface area contributed by atoms with Gasteiger partial charge in [-0.15, -0.1) is 0 Å². The first-order chi connectivity index (χ1) is 11.7. The second-order valence-corrected chi connectivity index (χ2v) is 5.19. The van der Waals surface area contributed by atoms with Gasteiger partial charge in [-0.1, -0.05) is 25.2 Å². The lowest BCUT2D eigenvalue weighted by Crippen LogP contribution is -2.01. The molecule has 0 aliphatic heterocycles. The Kier molecular flexibility index (Phi) is 6.38. The number of Topliss-reactive ketones (excluding diaryl/α,β-unsaturated/α-hetero) is 1. The Bertz CT molecular complexity index is 723. The zero-order valence-corrected chi connectivity index (χ0v) is 14.3. The summed E-state index contributed by atoms with van der Waals surface area (Å²) in [4.78, 5) is 12.4. The van der Waals surface area contributed by atoms with Crippen LogP contribution in [-0.2, 0) is 0 Å². The van der Waals surface area contributed by atoms with Gasteiger partial charge in [-0.3, -0.25) is 4.79 Å². The van der Waals surface area contributed by atoms with Crippen LogP contribution in [0.2, 0.25) is 0 Å². The monoisotopic (exact) mass is 322 g/mol. The second-order valence-electron chi connectivity index (χ2n) is 5.19. The topological polar surface area (TPSA) is 35.5 Å². The first kappa shape index (κ1) is 17.5. The van der Waals surface area contributed by atoms with Gasteiger partial charge in [0.25, 0.3) is 0 Å². The smallest absolute Gasteiger partial charge is 0.192 e. The van der Waals surface area contributed by atoms with E-state index in [0.717, 1.165) is 17.9 Å². The molecule has 0 amide bonds. The van der Waals surface area contributed by atoms with Gasteiger partial charge in [0.15, 0.2) is 5.78 Å². The maximum absolute atomic E-state index is 12.4. The molecule has 0 aliphatic rings. The van der Waals surface area contributed by atoms with Crippen LogP contribution in [0.1, 0.15) is 30.6 Å². The molecule has 124 valence electrons. The Labute approximate surface area is 143 Å². The van der Waals surface area contributed by atoms with Crippen molar-refractivity contribution in [2.45, 2.75) is 20.3 Å². The first-order valence-corrected chi connectivity index (χ1v) is 7.97. The molecule has 0 spiro atoms. The van der Waals surface area contributed by atoms with Crippen molar-refractivity contribution >= 4 is 5.78 Å². The first-order valence-electron chi connectivity index (χ1n) is 7.97. The fourth-order valence-electron chi connectivity index (χ4n) is 2.17. The van der Waals surface area contributed by atoms with Gasteiger partial charge in [0.2, 0.25) is 0 Å². The molecule has 0 unspecified atom stereocenters. The lowest BCUT2D eigenvalue weighted by molar-refractivity contribution is 0.103. The van der Waals surface area contributed by atoms with Crippen molar-refractivity contribution in [2.24, 2.45) is 0 Å². The molecule has 0 atom stereocenters. The van der Waals surface area contributed by atoms with Crippen LogP contribution in [0.4, 0.5) is 0 Å². The highest BCUT2D eigenvalue weighted by Crippen LogP contribution is 2.24. The summed E-state index contributed by atoms with van der Waals surface area (Å²) in [6, 6.07) is 14.5. The molecular weight excluding hydrogens is 300 g/mol. The zero-order chi connectivity index (χ0) is 17.4. The van der Waals surface area contributed by atoms with E-state index in [0.29, 0.717) is 16.9 Å². The predicted molar refractivity (Wildman–Crippen MR) is 97.0 cm³/mol. The number of carbonyl (C=O) groups excluding carboxylic acids is 1. The summed E-state index contributed by atoms with van der Waals surface area (Å²) in [7, 11) is 1.63. The van der Waals surface area contributed by atoms with Crippen molar-refractivity contribution < 1.29 is 14.3 Å².